The summed E-state index contributed by atoms with van der Waals surface area (Å²) in [6.45, 7) is 8.09. The van der Waals surface area contributed by atoms with E-state index in [9.17, 15) is 8.42 Å². The van der Waals surface area contributed by atoms with Crippen molar-refractivity contribution in [1.82, 2.24) is 9.62 Å². The molecule has 1 aromatic carbocycles. The Hall–Kier alpha value is -0.620. The third kappa shape index (κ3) is 3.58. The van der Waals surface area contributed by atoms with E-state index in [-0.39, 0.29) is 29.9 Å². The summed E-state index contributed by atoms with van der Waals surface area (Å²) in [5, 5.41) is 3.36. The Labute approximate surface area is 146 Å². The molecular formula is C17H27ClN2O2S. The minimum absolute atomic E-state index is 0. The zero-order valence-electron chi connectivity index (χ0n) is 14.1. The lowest BCUT2D eigenvalue weighted by atomic mass is 9.87. The Morgan fingerprint density at radius 1 is 1.04 bits per heavy atom. The summed E-state index contributed by atoms with van der Waals surface area (Å²) >= 11 is 0. The second-order valence-electron chi connectivity index (χ2n) is 7.49. The summed E-state index contributed by atoms with van der Waals surface area (Å²) in [6.07, 6.45) is 2.87. The lowest BCUT2D eigenvalue weighted by molar-refractivity contribution is 0.334. The van der Waals surface area contributed by atoms with Gasteiger partial charge in [0.1, 0.15) is 0 Å². The molecular weight excluding hydrogens is 332 g/mol. The van der Waals surface area contributed by atoms with Crippen molar-refractivity contribution >= 4 is 22.4 Å². The van der Waals surface area contributed by atoms with Crippen LogP contribution in [0.15, 0.2) is 29.2 Å². The summed E-state index contributed by atoms with van der Waals surface area (Å²) < 4.78 is 27.9. The monoisotopic (exact) mass is 358 g/mol. The van der Waals surface area contributed by atoms with Gasteiger partial charge in [-0.1, -0.05) is 32.9 Å². The van der Waals surface area contributed by atoms with E-state index >= 15 is 0 Å². The molecule has 23 heavy (non-hydrogen) atoms. The van der Waals surface area contributed by atoms with Crippen LogP contribution in [0.1, 0.15) is 45.6 Å². The lowest BCUT2D eigenvalue weighted by Crippen LogP contribution is -2.42. The van der Waals surface area contributed by atoms with Crippen LogP contribution in [0.5, 0.6) is 0 Å². The van der Waals surface area contributed by atoms with Crippen LogP contribution in [-0.4, -0.2) is 37.9 Å². The van der Waals surface area contributed by atoms with Crippen LogP contribution >= 0.6 is 12.4 Å². The van der Waals surface area contributed by atoms with Crippen molar-refractivity contribution < 1.29 is 8.42 Å². The maximum absolute atomic E-state index is 13.1. The van der Waals surface area contributed by atoms with Gasteiger partial charge in [-0.15, -0.1) is 12.4 Å². The van der Waals surface area contributed by atoms with Crippen LogP contribution in [0.2, 0.25) is 0 Å². The molecule has 2 saturated heterocycles. The fourth-order valence-electron chi connectivity index (χ4n) is 3.58. The van der Waals surface area contributed by atoms with Gasteiger partial charge in [-0.05, 0) is 48.9 Å². The number of halogens is 1. The second-order valence-corrected chi connectivity index (χ2v) is 9.33. The van der Waals surface area contributed by atoms with Crippen molar-refractivity contribution in [2.45, 2.75) is 62.4 Å². The average Bonchev–Trinajstić information content (AvgIpc) is 2.72. The Bertz CT molecular complexity index is 624. The molecule has 2 unspecified atom stereocenters. The van der Waals surface area contributed by atoms with Crippen molar-refractivity contribution in [3.63, 3.8) is 0 Å². The SMILES string of the molecule is CC(C)(C)c1ccc(S(=O)(=O)N2C3CCNCC2CC3)cc1.Cl. The number of fused-ring (bicyclic) bond motifs is 2. The average molecular weight is 359 g/mol. The molecule has 2 aliphatic heterocycles. The van der Waals surface area contributed by atoms with Crippen molar-refractivity contribution in [2.75, 3.05) is 13.1 Å². The van der Waals surface area contributed by atoms with Crippen LogP contribution < -0.4 is 5.32 Å². The standard InChI is InChI=1S/C17H26N2O2S.ClH/c1-17(2,3)13-4-8-16(9-5-13)22(20,21)19-14-6-7-15(19)12-18-11-10-14;/h4-5,8-9,14-15,18H,6-7,10-12H2,1-3H3;1H. The number of benzene rings is 1. The van der Waals surface area contributed by atoms with Gasteiger partial charge in [-0.25, -0.2) is 8.42 Å². The molecule has 2 fully saturated rings. The molecule has 130 valence electrons. The van der Waals surface area contributed by atoms with Gasteiger partial charge in [0.25, 0.3) is 0 Å². The zero-order valence-corrected chi connectivity index (χ0v) is 15.7. The number of nitrogens with zero attached hydrogens (tertiary/aromatic N) is 1. The number of nitrogens with one attached hydrogen (secondary N) is 1. The molecule has 2 aliphatic rings. The second kappa shape index (κ2) is 6.71. The highest BCUT2D eigenvalue weighted by molar-refractivity contribution is 7.89. The Morgan fingerprint density at radius 2 is 1.65 bits per heavy atom. The number of sulfonamides is 1. The van der Waals surface area contributed by atoms with Crippen LogP contribution in [0.3, 0.4) is 0 Å². The topological polar surface area (TPSA) is 49.4 Å². The molecule has 0 aromatic heterocycles. The highest BCUT2D eigenvalue weighted by atomic mass is 35.5. The van der Waals surface area contributed by atoms with Crippen LogP contribution in [0.4, 0.5) is 0 Å². The Balaban J connectivity index is 0.00000192. The van der Waals surface area contributed by atoms with Gasteiger partial charge in [-0.2, -0.15) is 4.31 Å². The van der Waals surface area contributed by atoms with Gasteiger partial charge in [0.15, 0.2) is 0 Å². The molecule has 0 saturated carbocycles. The van der Waals surface area contributed by atoms with Gasteiger partial charge in [0, 0.05) is 18.6 Å². The summed E-state index contributed by atoms with van der Waals surface area (Å²) in [6, 6.07) is 7.71. The summed E-state index contributed by atoms with van der Waals surface area (Å²) in [4.78, 5) is 0.430. The smallest absolute Gasteiger partial charge is 0.243 e. The Kier molecular flexibility index (Phi) is 5.46. The highest BCUT2D eigenvalue weighted by Crippen LogP contribution is 2.34. The molecule has 0 spiro atoms. The van der Waals surface area contributed by atoms with Crippen LogP contribution in [0.25, 0.3) is 0 Å². The third-order valence-corrected chi connectivity index (χ3v) is 6.90. The first-order valence-corrected chi connectivity index (χ1v) is 9.59. The molecule has 0 radical (unpaired) electrons. The molecule has 3 rings (SSSR count). The third-order valence-electron chi connectivity index (χ3n) is 4.88. The van der Waals surface area contributed by atoms with Gasteiger partial charge in [0.2, 0.25) is 10.0 Å². The van der Waals surface area contributed by atoms with Crippen molar-refractivity contribution in [2.24, 2.45) is 0 Å². The number of rotatable bonds is 2. The zero-order chi connectivity index (χ0) is 16.0. The highest BCUT2D eigenvalue weighted by Gasteiger charge is 2.42. The van der Waals surface area contributed by atoms with E-state index in [1.807, 2.05) is 12.1 Å². The first kappa shape index (κ1) is 18.7. The molecule has 4 nitrogen and oxygen atoms in total. The quantitative estimate of drug-likeness (QED) is 0.884. The van der Waals surface area contributed by atoms with E-state index in [0.717, 1.165) is 37.9 Å². The predicted octanol–water partition coefficient (Wildman–Crippen LogP) is 2.92. The first-order valence-electron chi connectivity index (χ1n) is 8.15. The number of hydrogen-bond donors (Lipinski definition) is 1. The maximum atomic E-state index is 13.1. The van der Waals surface area contributed by atoms with Gasteiger partial charge in [-0.3, -0.25) is 0 Å². The van der Waals surface area contributed by atoms with Crippen LogP contribution in [-0.2, 0) is 15.4 Å². The molecule has 0 amide bonds. The van der Waals surface area contributed by atoms with Crippen molar-refractivity contribution in [3.05, 3.63) is 29.8 Å². The van der Waals surface area contributed by atoms with E-state index in [2.05, 4.69) is 26.1 Å². The largest absolute Gasteiger partial charge is 0.315 e. The van der Waals surface area contributed by atoms with Crippen molar-refractivity contribution in [3.8, 4) is 0 Å². The molecule has 2 heterocycles. The van der Waals surface area contributed by atoms with Gasteiger partial charge >= 0.3 is 0 Å². The predicted molar refractivity (Wildman–Crippen MR) is 95.7 cm³/mol. The fraction of sp³-hybridized carbons (Fsp3) is 0.647. The summed E-state index contributed by atoms with van der Waals surface area (Å²) in [7, 11) is -3.39. The normalized spacial score (nSPS) is 25.7. The molecule has 0 aliphatic carbocycles. The van der Waals surface area contributed by atoms with Gasteiger partial charge in [0.05, 0.1) is 4.90 Å². The van der Waals surface area contributed by atoms with Crippen LogP contribution in [0, 0.1) is 0 Å². The maximum Gasteiger partial charge on any atom is 0.243 e. The van der Waals surface area contributed by atoms with E-state index in [0.29, 0.717) is 4.90 Å². The lowest BCUT2D eigenvalue weighted by Gasteiger charge is -2.27. The molecule has 6 heteroatoms. The summed E-state index contributed by atoms with van der Waals surface area (Å²) in [5.41, 5.74) is 1.19. The fourth-order valence-corrected chi connectivity index (χ4v) is 5.48. The van der Waals surface area contributed by atoms with Crippen molar-refractivity contribution in [1.29, 1.82) is 0 Å². The number of hydrogen-bond acceptors (Lipinski definition) is 3. The van der Waals surface area contributed by atoms with E-state index in [4.69, 9.17) is 0 Å². The molecule has 2 bridgehead atoms. The molecule has 1 aromatic rings. The Morgan fingerprint density at radius 3 is 2.26 bits per heavy atom. The summed E-state index contributed by atoms with van der Waals surface area (Å²) in [5.74, 6) is 0. The first-order chi connectivity index (χ1) is 10.3. The molecule has 1 N–H and O–H groups in total. The minimum Gasteiger partial charge on any atom is -0.315 e. The molecule has 2 atom stereocenters. The van der Waals surface area contributed by atoms with E-state index in [1.165, 1.54) is 0 Å². The minimum atomic E-state index is -3.39. The van der Waals surface area contributed by atoms with E-state index < -0.39 is 10.0 Å². The van der Waals surface area contributed by atoms with E-state index in [1.54, 1.807) is 16.4 Å². The van der Waals surface area contributed by atoms with Gasteiger partial charge < -0.3 is 5.32 Å².